The van der Waals surface area contributed by atoms with Crippen LogP contribution in [0.15, 0.2) is 18.2 Å². The van der Waals surface area contributed by atoms with E-state index in [4.69, 9.17) is 0 Å². The molecule has 98 valence electrons. The van der Waals surface area contributed by atoms with Gasteiger partial charge in [0.25, 0.3) is 0 Å². The molecule has 2 nitrogen and oxygen atoms in total. The average Bonchev–Trinajstić information content (AvgIpc) is 3.00. The number of benzene rings is 1. The minimum absolute atomic E-state index is 0.204. The lowest BCUT2D eigenvalue weighted by atomic mass is 10.1. The molecule has 1 aromatic heterocycles. The summed E-state index contributed by atoms with van der Waals surface area (Å²) in [6.45, 7) is 6.24. The summed E-state index contributed by atoms with van der Waals surface area (Å²) in [4.78, 5) is 3.32. The number of anilines is 1. The van der Waals surface area contributed by atoms with Crippen LogP contribution in [0.25, 0.3) is 10.9 Å². The van der Waals surface area contributed by atoms with Crippen molar-refractivity contribution in [2.75, 3.05) is 12.4 Å². The summed E-state index contributed by atoms with van der Waals surface area (Å²) in [6, 6.07) is 5.56. The maximum Gasteiger partial charge on any atom is 0.148 e. The molecule has 0 amide bonds. The molecule has 1 heterocycles. The van der Waals surface area contributed by atoms with Crippen LogP contribution in [0.5, 0.6) is 0 Å². The lowest BCUT2D eigenvalue weighted by molar-refractivity contribution is 0.633. The first-order valence-corrected chi connectivity index (χ1v) is 6.63. The van der Waals surface area contributed by atoms with Crippen molar-refractivity contribution in [3.8, 4) is 0 Å². The van der Waals surface area contributed by atoms with Crippen molar-refractivity contribution in [1.29, 1.82) is 0 Å². The van der Waals surface area contributed by atoms with Gasteiger partial charge in [0, 0.05) is 35.1 Å². The van der Waals surface area contributed by atoms with Crippen molar-refractivity contribution in [3.05, 3.63) is 29.7 Å². The van der Waals surface area contributed by atoms with Gasteiger partial charge in [-0.1, -0.05) is 20.8 Å². The van der Waals surface area contributed by atoms with Gasteiger partial charge in [-0.25, -0.2) is 4.39 Å². The molecule has 0 saturated heterocycles. The molecule has 0 unspecified atom stereocenters. The molecule has 1 fully saturated rings. The molecule has 3 heteroatoms. The van der Waals surface area contributed by atoms with Gasteiger partial charge >= 0.3 is 0 Å². The molecule has 0 radical (unpaired) electrons. The van der Waals surface area contributed by atoms with Crippen LogP contribution < -0.4 is 5.32 Å². The zero-order chi connectivity index (χ0) is 13.3. The molecule has 0 bridgehead atoms. The molecule has 1 saturated carbocycles. The van der Waals surface area contributed by atoms with Gasteiger partial charge in [-0.05, 0) is 25.0 Å². The first kappa shape index (κ1) is 12.9. The molecule has 18 heavy (non-hydrogen) atoms. The summed E-state index contributed by atoms with van der Waals surface area (Å²) in [5.74, 6) is -0.204. The summed E-state index contributed by atoms with van der Waals surface area (Å²) in [5, 5.41) is 3.94. The largest absolute Gasteiger partial charge is 0.386 e. The molecule has 1 aliphatic carbocycles. The van der Waals surface area contributed by atoms with E-state index in [9.17, 15) is 4.39 Å². The maximum absolute atomic E-state index is 13.6. The van der Waals surface area contributed by atoms with Gasteiger partial charge in [0.05, 0.1) is 5.69 Å². The summed E-state index contributed by atoms with van der Waals surface area (Å²) < 4.78 is 13.6. The number of halogens is 1. The Balaban J connectivity index is 0.000000574. The smallest absolute Gasteiger partial charge is 0.148 e. The fraction of sp³-hybridized carbons (Fsp3) is 0.467. The second-order valence-corrected chi connectivity index (χ2v) is 4.91. The highest BCUT2D eigenvalue weighted by molar-refractivity contribution is 5.84. The predicted molar refractivity (Wildman–Crippen MR) is 75.7 cm³/mol. The fourth-order valence-corrected chi connectivity index (χ4v) is 2.13. The molecule has 2 N–H and O–H groups in total. The van der Waals surface area contributed by atoms with E-state index in [0.29, 0.717) is 11.1 Å². The molecule has 0 atom stereocenters. The lowest BCUT2D eigenvalue weighted by Crippen LogP contribution is -1.98. The minimum Gasteiger partial charge on any atom is -0.386 e. The molecule has 1 aliphatic rings. The highest BCUT2D eigenvalue weighted by atomic mass is 19.1. The Labute approximate surface area is 108 Å². The first-order chi connectivity index (χ1) is 8.62. The minimum atomic E-state index is -0.204. The highest BCUT2D eigenvalue weighted by Crippen LogP contribution is 2.47. The van der Waals surface area contributed by atoms with E-state index in [1.165, 1.54) is 18.5 Å². The maximum atomic E-state index is 13.6. The monoisotopic (exact) mass is 248 g/mol. The second-order valence-electron chi connectivity index (χ2n) is 4.91. The predicted octanol–water partition coefficient (Wildman–Crippen LogP) is 4.43. The van der Waals surface area contributed by atoms with Gasteiger partial charge in [-0.3, -0.25) is 0 Å². The van der Waals surface area contributed by atoms with Crippen LogP contribution in [0, 0.1) is 5.82 Å². The summed E-state index contributed by atoms with van der Waals surface area (Å²) in [5.41, 5.74) is 2.98. The third-order valence-corrected chi connectivity index (χ3v) is 3.63. The van der Waals surface area contributed by atoms with Crippen molar-refractivity contribution in [2.45, 2.75) is 39.0 Å². The van der Waals surface area contributed by atoms with Crippen molar-refractivity contribution in [1.82, 2.24) is 4.98 Å². The molecule has 2 aromatic rings. The highest BCUT2D eigenvalue weighted by Gasteiger charge is 2.40. The quantitative estimate of drug-likeness (QED) is 0.808. The number of fused-ring (bicyclic) bond motifs is 1. The third-order valence-electron chi connectivity index (χ3n) is 3.63. The first-order valence-electron chi connectivity index (χ1n) is 6.63. The lowest BCUT2D eigenvalue weighted by Gasteiger charge is -2.02. The molecule has 3 rings (SSSR count). The van der Waals surface area contributed by atoms with Crippen LogP contribution in [0.4, 0.5) is 10.1 Å². The van der Waals surface area contributed by atoms with Crippen LogP contribution in [-0.2, 0) is 5.41 Å². The van der Waals surface area contributed by atoms with E-state index in [0.717, 1.165) is 10.9 Å². The van der Waals surface area contributed by atoms with Gasteiger partial charge in [-0.15, -0.1) is 0 Å². The van der Waals surface area contributed by atoms with Gasteiger partial charge < -0.3 is 10.3 Å². The SMILES string of the molecule is CC.CNc1cc2cc(C3(C)CC3)[nH]c2cc1F. The third kappa shape index (κ3) is 2.09. The summed E-state index contributed by atoms with van der Waals surface area (Å²) >= 11 is 0. The Bertz CT molecular complexity index is 553. The Hall–Kier alpha value is -1.51. The van der Waals surface area contributed by atoms with Gasteiger partial charge in [0.1, 0.15) is 5.82 Å². The van der Waals surface area contributed by atoms with Crippen LogP contribution in [0.3, 0.4) is 0 Å². The number of aromatic amines is 1. The van der Waals surface area contributed by atoms with E-state index in [2.05, 4.69) is 23.3 Å². The van der Waals surface area contributed by atoms with Crippen molar-refractivity contribution >= 4 is 16.6 Å². The molecule has 0 spiro atoms. The zero-order valence-electron chi connectivity index (χ0n) is 11.5. The van der Waals surface area contributed by atoms with Gasteiger partial charge in [0.15, 0.2) is 0 Å². The Morgan fingerprint density at radius 3 is 2.44 bits per heavy atom. The number of nitrogens with one attached hydrogen (secondary N) is 2. The zero-order valence-corrected chi connectivity index (χ0v) is 11.5. The van der Waals surface area contributed by atoms with Crippen LogP contribution in [0.1, 0.15) is 39.3 Å². The van der Waals surface area contributed by atoms with E-state index in [1.807, 2.05) is 19.9 Å². The Morgan fingerprint density at radius 1 is 1.22 bits per heavy atom. The molecular weight excluding hydrogens is 227 g/mol. The Kier molecular flexibility index (Phi) is 3.33. The Morgan fingerprint density at radius 2 is 1.89 bits per heavy atom. The fourth-order valence-electron chi connectivity index (χ4n) is 2.13. The van der Waals surface area contributed by atoms with E-state index < -0.39 is 0 Å². The van der Waals surface area contributed by atoms with Crippen molar-refractivity contribution in [2.24, 2.45) is 0 Å². The van der Waals surface area contributed by atoms with E-state index in [1.54, 1.807) is 13.1 Å². The normalized spacial score (nSPS) is 16.1. The van der Waals surface area contributed by atoms with Crippen LogP contribution in [0.2, 0.25) is 0 Å². The number of rotatable bonds is 2. The van der Waals surface area contributed by atoms with Gasteiger partial charge in [0.2, 0.25) is 0 Å². The summed E-state index contributed by atoms with van der Waals surface area (Å²) in [6.07, 6.45) is 2.45. The van der Waals surface area contributed by atoms with Gasteiger partial charge in [-0.2, -0.15) is 0 Å². The second kappa shape index (κ2) is 4.63. The topological polar surface area (TPSA) is 27.8 Å². The van der Waals surface area contributed by atoms with E-state index in [-0.39, 0.29) is 5.82 Å². The van der Waals surface area contributed by atoms with Crippen molar-refractivity contribution < 1.29 is 4.39 Å². The standard InChI is InChI=1S/C13H15FN2.C2H6/c1-13(3-4-13)12-6-8-5-11(15-2)9(14)7-10(8)16-12;1-2/h5-7,15-16H,3-4H2,1-2H3;1-2H3. The number of H-pyrrole nitrogens is 1. The average molecular weight is 248 g/mol. The number of hydrogen-bond donors (Lipinski definition) is 2. The molecule has 1 aromatic carbocycles. The van der Waals surface area contributed by atoms with Crippen LogP contribution in [-0.4, -0.2) is 12.0 Å². The molecule has 0 aliphatic heterocycles. The van der Waals surface area contributed by atoms with Crippen molar-refractivity contribution in [3.63, 3.8) is 0 Å². The number of hydrogen-bond acceptors (Lipinski definition) is 1. The summed E-state index contributed by atoms with van der Waals surface area (Å²) in [7, 11) is 1.74. The van der Waals surface area contributed by atoms with Crippen LogP contribution >= 0.6 is 0 Å². The molecular formula is C15H21FN2. The van der Waals surface area contributed by atoms with E-state index >= 15 is 0 Å². The number of aromatic nitrogens is 1.